The van der Waals surface area contributed by atoms with Gasteiger partial charge in [0, 0.05) is 0 Å². The normalized spacial score (nSPS) is 16.0. The maximum absolute atomic E-state index is 2.32. The van der Waals surface area contributed by atoms with Crippen LogP contribution in [0.4, 0.5) is 0 Å². The third kappa shape index (κ3) is 2.03. The van der Waals surface area contributed by atoms with Crippen molar-refractivity contribution in [1.29, 1.82) is 0 Å². The van der Waals surface area contributed by atoms with Gasteiger partial charge in [0.2, 0.25) is 0 Å². The van der Waals surface area contributed by atoms with Crippen molar-refractivity contribution in [2.75, 3.05) is 0 Å². The standard InChI is InChI=1S/C6H6.In/c1-3-5-6-4-2;/h1-6H;. The van der Waals surface area contributed by atoms with E-state index in [9.17, 15) is 0 Å². The van der Waals surface area contributed by atoms with Gasteiger partial charge in [-0.05, 0) is 0 Å². The zero-order valence-corrected chi connectivity index (χ0v) is 7.34. The van der Waals surface area contributed by atoms with Gasteiger partial charge < -0.3 is 0 Å². The average molecular weight is 193 g/mol. The summed E-state index contributed by atoms with van der Waals surface area (Å²) in [6, 6.07) is 0. The molecule has 1 radical (unpaired) electrons. The van der Waals surface area contributed by atoms with Crippen molar-refractivity contribution in [2.24, 2.45) is 0 Å². The maximum atomic E-state index is 2.32. The van der Waals surface area contributed by atoms with E-state index in [1.54, 1.807) is 0 Å². The molecule has 0 aromatic carbocycles. The molecule has 0 amide bonds. The van der Waals surface area contributed by atoms with Crippen LogP contribution in [0, 0.1) is 0 Å². The van der Waals surface area contributed by atoms with E-state index in [1.807, 2.05) is 0 Å². The van der Waals surface area contributed by atoms with Gasteiger partial charge in [-0.15, -0.1) is 0 Å². The summed E-state index contributed by atoms with van der Waals surface area (Å²) in [6.07, 6.45) is 8.44. The predicted molar refractivity (Wildman–Crippen MR) is 33.2 cm³/mol. The SMILES string of the molecule is C1=CC=[CH][In][CH]=C1. The third-order valence-corrected chi connectivity index (χ3v) is 3.31. The molecule has 0 fully saturated rings. The molecule has 0 saturated heterocycles. The summed E-state index contributed by atoms with van der Waals surface area (Å²) in [7, 11) is 0. The molecule has 7 heavy (non-hydrogen) atoms. The van der Waals surface area contributed by atoms with E-state index in [0.29, 0.717) is 0 Å². The van der Waals surface area contributed by atoms with Gasteiger partial charge in [-0.2, -0.15) is 0 Å². The molecule has 1 aliphatic heterocycles. The molecule has 33 valence electrons. The Morgan fingerprint density at radius 1 is 0.714 bits per heavy atom. The van der Waals surface area contributed by atoms with Crippen LogP contribution in [0.1, 0.15) is 0 Å². The molecule has 0 aliphatic carbocycles. The summed E-state index contributed by atoms with van der Waals surface area (Å²) in [4.78, 5) is 0. The van der Waals surface area contributed by atoms with Crippen LogP contribution in [0.3, 0.4) is 0 Å². The molecule has 1 heteroatoms. The van der Waals surface area contributed by atoms with Crippen molar-refractivity contribution in [3.63, 3.8) is 0 Å². The number of allylic oxidation sites excluding steroid dienone is 4. The molecule has 0 saturated carbocycles. The molecule has 0 unspecified atom stereocenters. The fourth-order valence-corrected chi connectivity index (χ4v) is 2.28. The van der Waals surface area contributed by atoms with Crippen molar-refractivity contribution in [3.05, 3.63) is 32.0 Å². The van der Waals surface area contributed by atoms with Crippen molar-refractivity contribution in [3.8, 4) is 0 Å². The molecule has 0 atom stereocenters. The first kappa shape index (κ1) is 5.23. The second-order valence-corrected chi connectivity index (χ2v) is 4.64. The van der Waals surface area contributed by atoms with Crippen molar-refractivity contribution in [2.45, 2.75) is 0 Å². The fraction of sp³-hybridized carbons (Fsp3) is 0. The van der Waals surface area contributed by atoms with Crippen LogP contribution < -0.4 is 0 Å². The third-order valence-electron chi connectivity index (χ3n) is 0.778. The quantitative estimate of drug-likeness (QED) is 0.543. The molecular formula is C6H6In. The monoisotopic (exact) mass is 193 g/mol. The summed E-state index contributed by atoms with van der Waals surface area (Å²) in [5.41, 5.74) is 0. The Morgan fingerprint density at radius 2 is 1.29 bits per heavy atom. The zero-order chi connectivity index (χ0) is 4.95. The van der Waals surface area contributed by atoms with Crippen LogP contribution in [0.2, 0.25) is 0 Å². The van der Waals surface area contributed by atoms with E-state index in [1.165, 1.54) is 0 Å². The zero-order valence-electron chi connectivity index (χ0n) is 4.04. The van der Waals surface area contributed by atoms with Gasteiger partial charge in [0.25, 0.3) is 0 Å². The van der Waals surface area contributed by atoms with Gasteiger partial charge in [-0.3, -0.25) is 0 Å². The number of hydrogen-bond donors (Lipinski definition) is 0. The average Bonchev–Trinajstić information content (AvgIpc) is 1.90. The predicted octanol–water partition coefficient (Wildman–Crippen LogP) is 1.29. The van der Waals surface area contributed by atoms with Crippen LogP contribution in [0.25, 0.3) is 0 Å². The summed E-state index contributed by atoms with van der Waals surface area (Å²) in [5.74, 6) is 0. The van der Waals surface area contributed by atoms with Gasteiger partial charge in [-0.25, -0.2) is 0 Å². The summed E-state index contributed by atoms with van der Waals surface area (Å²) < 4.78 is 4.63. The van der Waals surface area contributed by atoms with Crippen molar-refractivity contribution >= 4 is 22.9 Å². The second-order valence-electron chi connectivity index (χ2n) is 1.35. The Balaban J connectivity index is 2.60. The van der Waals surface area contributed by atoms with E-state index in [0.717, 1.165) is 0 Å². The van der Waals surface area contributed by atoms with E-state index < -0.39 is 0 Å². The van der Waals surface area contributed by atoms with Gasteiger partial charge in [0.1, 0.15) is 0 Å². The van der Waals surface area contributed by atoms with E-state index in [-0.39, 0.29) is 22.9 Å². The summed E-state index contributed by atoms with van der Waals surface area (Å²) >= 11 is -0.327. The Kier molecular flexibility index (Phi) is 2.35. The van der Waals surface area contributed by atoms with Crippen LogP contribution in [0.5, 0.6) is 0 Å². The van der Waals surface area contributed by atoms with E-state index in [2.05, 4.69) is 32.0 Å². The molecule has 0 N–H and O–H groups in total. The van der Waals surface area contributed by atoms with E-state index >= 15 is 0 Å². The second kappa shape index (κ2) is 3.14. The Labute approximate surface area is 55.0 Å². The molecule has 1 rings (SSSR count). The molecular weight excluding hydrogens is 187 g/mol. The molecule has 0 aromatic rings. The Bertz CT molecular complexity index is 106. The first-order valence-electron chi connectivity index (χ1n) is 2.33. The van der Waals surface area contributed by atoms with Gasteiger partial charge in [0.05, 0.1) is 0 Å². The summed E-state index contributed by atoms with van der Waals surface area (Å²) in [5, 5.41) is 0. The van der Waals surface area contributed by atoms with E-state index in [4.69, 9.17) is 0 Å². The number of hydrogen-bond acceptors (Lipinski definition) is 0. The minimum atomic E-state index is -0.327. The summed E-state index contributed by atoms with van der Waals surface area (Å²) in [6.45, 7) is 0. The Morgan fingerprint density at radius 3 is 1.86 bits per heavy atom. The minimum absolute atomic E-state index is 0.327. The molecule has 1 aliphatic rings. The van der Waals surface area contributed by atoms with Crippen LogP contribution in [-0.2, 0) is 0 Å². The van der Waals surface area contributed by atoms with Crippen LogP contribution in [0.15, 0.2) is 32.0 Å². The molecule has 1 heterocycles. The van der Waals surface area contributed by atoms with Gasteiger partial charge in [0.15, 0.2) is 0 Å². The van der Waals surface area contributed by atoms with Crippen molar-refractivity contribution < 1.29 is 0 Å². The first-order chi connectivity index (χ1) is 3.50. The van der Waals surface area contributed by atoms with Gasteiger partial charge in [-0.1, -0.05) is 0 Å². The number of rotatable bonds is 0. The fourth-order valence-electron chi connectivity index (χ4n) is 0.449. The molecule has 0 aromatic heterocycles. The topological polar surface area (TPSA) is 0 Å². The molecule has 0 nitrogen and oxygen atoms in total. The Hall–Kier alpha value is 0.0901. The van der Waals surface area contributed by atoms with Crippen LogP contribution >= 0.6 is 0 Å². The molecule has 0 spiro atoms. The first-order valence-corrected chi connectivity index (χ1v) is 6.14. The van der Waals surface area contributed by atoms with Crippen LogP contribution in [-0.4, -0.2) is 22.9 Å². The molecule has 0 bridgehead atoms. The van der Waals surface area contributed by atoms with Gasteiger partial charge >= 0.3 is 54.9 Å². The van der Waals surface area contributed by atoms with Crippen molar-refractivity contribution in [1.82, 2.24) is 0 Å².